The molecule has 14 heteroatoms. The lowest BCUT2D eigenvalue weighted by Crippen LogP contribution is -2.69. The molecule has 5 aliphatic rings. The summed E-state index contributed by atoms with van der Waals surface area (Å²) in [6.45, 7) is 6.96. The molecule has 3 N–H and O–H groups in total. The van der Waals surface area contributed by atoms with E-state index in [2.05, 4.69) is 30.7 Å². The topological polar surface area (TPSA) is 96.3 Å². The number of nitrogens with zero attached hydrogens (tertiary/aromatic N) is 7. The van der Waals surface area contributed by atoms with E-state index in [1.54, 1.807) is 7.05 Å². The number of piperazine rings is 1. The Balaban J connectivity index is 0.968. The highest BCUT2D eigenvalue weighted by molar-refractivity contribution is 5.94. The number of carbonyl (C=O) groups excluding carboxylic acids is 1. The van der Waals surface area contributed by atoms with E-state index in [0.29, 0.717) is 55.7 Å². The van der Waals surface area contributed by atoms with Crippen LogP contribution in [-0.2, 0) is 13.0 Å². The molecule has 11 nitrogen and oxygen atoms in total. The molecule has 1 aliphatic carbocycles. The number of aromatic nitrogens is 3. The first-order valence-corrected chi connectivity index (χ1v) is 16.5. The van der Waals surface area contributed by atoms with Crippen LogP contribution in [0.3, 0.4) is 0 Å². The summed E-state index contributed by atoms with van der Waals surface area (Å²) in [5.74, 6) is -2.54. The monoisotopic (exact) mass is 638 g/mol. The van der Waals surface area contributed by atoms with E-state index in [1.165, 1.54) is 10.7 Å². The van der Waals surface area contributed by atoms with E-state index in [9.17, 15) is 9.18 Å². The summed E-state index contributed by atoms with van der Waals surface area (Å²) in [4.78, 5) is 25.8. The van der Waals surface area contributed by atoms with Gasteiger partial charge in [-0.05, 0) is 30.0 Å². The van der Waals surface area contributed by atoms with Crippen molar-refractivity contribution < 1.29 is 18.0 Å². The van der Waals surface area contributed by atoms with Crippen LogP contribution in [0.2, 0.25) is 0 Å². The average Bonchev–Trinajstić information content (AvgIpc) is 3.38. The lowest BCUT2D eigenvalue weighted by molar-refractivity contribution is -0.154. The standard InChI is InChI=1S/C32H41F3N10O/c1-36-25-14-29(40-45-27(15-38-30(25)45)31(46)39-24-13-23(24)33)44-10-5-22-20(3-2-4-26(22)44)16-41-9-6-28(32(34,35)19-41)43-17-21(18-43)42-11-7-37-8-12-42/h2-4,14-15,21,23-24,28,36-37H,5-13,16-19H2,1H3,(H,39,46). The molecule has 246 valence electrons. The van der Waals surface area contributed by atoms with Crippen LogP contribution in [0.4, 0.5) is 30.4 Å². The van der Waals surface area contributed by atoms with Crippen LogP contribution < -0.4 is 20.9 Å². The Morgan fingerprint density at radius 2 is 1.93 bits per heavy atom. The van der Waals surface area contributed by atoms with Crippen molar-refractivity contribution in [1.82, 2.24) is 39.9 Å². The summed E-state index contributed by atoms with van der Waals surface area (Å²) in [6.07, 6.45) is 1.99. The largest absolute Gasteiger partial charge is 0.385 e. The highest BCUT2D eigenvalue weighted by Gasteiger charge is 2.51. The Hall–Kier alpha value is -3.46. The van der Waals surface area contributed by atoms with Gasteiger partial charge in [-0.3, -0.25) is 19.5 Å². The molecular weight excluding hydrogens is 597 g/mol. The van der Waals surface area contributed by atoms with Gasteiger partial charge in [0.1, 0.15) is 6.17 Å². The molecule has 0 bridgehead atoms. The van der Waals surface area contributed by atoms with Gasteiger partial charge in [0.05, 0.1) is 30.5 Å². The number of rotatable bonds is 8. The molecule has 46 heavy (non-hydrogen) atoms. The fourth-order valence-electron chi connectivity index (χ4n) is 7.72. The van der Waals surface area contributed by atoms with Crippen LogP contribution in [0.1, 0.15) is 34.5 Å². The second kappa shape index (κ2) is 11.7. The first kappa shape index (κ1) is 29.9. The van der Waals surface area contributed by atoms with Crippen molar-refractivity contribution in [2.24, 2.45) is 0 Å². The smallest absolute Gasteiger partial charge is 0.275 e. The number of carbonyl (C=O) groups is 1. The van der Waals surface area contributed by atoms with Gasteiger partial charge in [-0.1, -0.05) is 12.1 Å². The number of hydrogen-bond donors (Lipinski definition) is 3. The van der Waals surface area contributed by atoms with E-state index in [1.807, 2.05) is 34.1 Å². The average molecular weight is 639 g/mol. The third-order valence-electron chi connectivity index (χ3n) is 10.4. The summed E-state index contributed by atoms with van der Waals surface area (Å²) in [6, 6.07) is 7.19. The van der Waals surface area contributed by atoms with Gasteiger partial charge in [0.2, 0.25) is 0 Å². The summed E-state index contributed by atoms with van der Waals surface area (Å²) >= 11 is 0. The molecule has 0 radical (unpaired) electrons. The van der Waals surface area contributed by atoms with Gasteiger partial charge in [-0.15, -0.1) is 5.10 Å². The molecule has 4 aliphatic heterocycles. The van der Waals surface area contributed by atoms with Gasteiger partial charge in [-0.25, -0.2) is 22.7 Å². The summed E-state index contributed by atoms with van der Waals surface area (Å²) in [5, 5.41) is 14.0. The number of piperidine rings is 1. The van der Waals surface area contributed by atoms with Gasteiger partial charge in [0, 0.05) is 90.2 Å². The molecule has 2 aromatic heterocycles. The number of amides is 1. The fourth-order valence-corrected chi connectivity index (χ4v) is 7.72. The van der Waals surface area contributed by atoms with Gasteiger partial charge in [-0.2, -0.15) is 0 Å². The summed E-state index contributed by atoms with van der Waals surface area (Å²) < 4.78 is 46.1. The maximum Gasteiger partial charge on any atom is 0.275 e. The third kappa shape index (κ3) is 5.38. The predicted molar refractivity (Wildman–Crippen MR) is 169 cm³/mol. The van der Waals surface area contributed by atoms with Crippen molar-refractivity contribution in [3.05, 3.63) is 47.3 Å². The van der Waals surface area contributed by atoms with Crippen molar-refractivity contribution in [1.29, 1.82) is 0 Å². The number of benzene rings is 1. The first-order valence-electron chi connectivity index (χ1n) is 16.5. The number of nitrogens with one attached hydrogen (secondary N) is 3. The normalized spacial score (nSPS) is 27.0. The number of likely N-dealkylation sites (tertiary alicyclic amines) is 2. The molecule has 8 rings (SSSR count). The van der Waals surface area contributed by atoms with Crippen LogP contribution in [0.15, 0.2) is 30.5 Å². The van der Waals surface area contributed by atoms with E-state index in [0.717, 1.165) is 62.5 Å². The Labute approximate surface area is 266 Å². The van der Waals surface area contributed by atoms with Crippen LogP contribution in [0, 0.1) is 0 Å². The van der Waals surface area contributed by atoms with E-state index in [-0.39, 0.29) is 12.2 Å². The van der Waals surface area contributed by atoms with Gasteiger partial charge < -0.3 is 20.9 Å². The number of fused-ring (bicyclic) bond motifs is 2. The number of imidazole rings is 1. The number of halogens is 3. The molecule has 1 aromatic carbocycles. The van der Waals surface area contributed by atoms with Crippen LogP contribution in [0.25, 0.3) is 5.65 Å². The zero-order valence-corrected chi connectivity index (χ0v) is 26.1. The maximum atomic E-state index is 15.6. The zero-order valence-electron chi connectivity index (χ0n) is 26.1. The SMILES string of the molecule is CNc1cc(N2CCc3c(CN4CCC(N5CC(N6CCNCC6)C5)C(F)(F)C4)cccc32)nn2c(C(=O)NC3CC3F)cnc12. The highest BCUT2D eigenvalue weighted by Crippen LogP contribution is 2.39. The quantitative estimate of drug-likeness (QED) is 0.343. The Bertz CT molecular complexity index is 1620. The van der Waals surface area contributed by atoms with E-state index < -0.39 is 30.1 Å². The fraction of sp³-hybridized carbons (Fsp3) is 0.594. The minimum absolute atomic E-state index is 0.237. The summed E-state index contributed by atoms with van der Waals surface area (Å²) in [5.41, 5.74) is 4.61. The Kier molecular flexibility index (Phi) is 7.58. The lowest BCUT2D eigenvalue weighted by Gasteiger charge is -2.53. The molecule has 6 heterocycles. The van der Waals surface area contributed by atoms with E-state index in [4.69, 9.17) is 5.10 Å². The number of hydrogen-bond acceptors (Lipinski definition) is 9. The van der Waals surface area contributed by atoms with Crippen LogP contribution in [0.5, 0.6) is 0 Å². The molecule has 0 spiro atoms. The van der Waals surface area contributed by atoms with Crippen molar-refractivity contribution in [3.63, 3.8) is 0 Å². The Morgan fingerprint density at radius 3 is 2.67 bits per heavy atom. The molecule has 1 saturated carbocycles. The van der Waals surface area contributed by atoms with E-state index >= 15 is 8.78 Å². The molecule has 3 aromatic rings. The maximum absolute atomic E-state index is 15.6. The summed E-state index contributed by atoms with van der Waals surface area (Å²) in [7, 11) is 1.78. The number of alkyl halides is 3. The third-order valence-corrected chi connectivity index (χ3v) is 10.4. The van der Waals surface area contributed by atoms with Crippen LogP contribution >= 0.6 is 0 Å². The highest BCUT2D eigenvalue weighted by atomic mass is 19.3. The lowest BCUT2D eigenvalue weighted by atomic mass is 9.93. The molecule has 4 fully saturated rings. The van der Waals surface area contributed by atoms with Crippen molar-refractivity contribution >= 4 is 28.7 Å². The molecule has 1 amide bonds. The first-order chi connectivity index (χ1) is 22.3. The molecular formula is C32H41F3N10O. The second-order valence-electron chi connectivity index (χ2n) is 13.4. The molecule has 3 atom stereocenters. The Morgan fingerprint density at radius 1 is 1.13 bits per heavy atom. The van der Waals surface area contributed by atoms with Crippen molar-refractivity contribution in [2.75, 3.05) is 76.2 Å². The minimum Gasteiger partial charge on any atom is -0.385 e. The molecule has 3 saturated heterocycles. The second-order valence-corrected chi connectivity index (χ2v) is 13.4. The van der Waals surface area contributed by atoms with Gasteiger partial charge in [0.25, 0.3) is 11.8 Å². The number of anilines is 3. The zero-order chi connectivity index (χ0) is 31.6. The minimum atomic E-state index is -2.76. The van der Waals surface area contributed by atoms with Crippen molar-refractivity contribution in [2.45, 2.75) is 56.0 Å². The van der Waals surface area contributed by atoms with Crippen molar-refractivity contribution in [3.8, 4) is 0 Å². The molecule has 3 unspecified atom stereocenters. The van der Waals surface area contributed by atoms with Crippen LogP contribution in [-0.4, -0.2) is 131 Å². The van der Waals surface area contributed by atoms with Gasteiger partial charge in [0.15, 0.2) is 17.2 Å². The van der Waals surface area contributed by atoms with Gasteiger partial charge >= 0.3 is 0 Å². The predicted octanol–water partition coefficient (Wildman–Crippen LogP) is 2.10.